The molecule has 0 aliphatic carbocycles. The molecule has 0 amide bonds. The van der Waals surface area contributed by atoms with E-state index in [2.05, 4.69) is 10.2 Å². The molecule has 0 aromatic heterocycles. The van der Waals surface area contributed by atoms with Crippen LogP contribution in [0.3, 0.4) is 0 Å². The van der Waals surface area contributed by atoms with E-state index in [1.165, 1.54) is 0 Å². The molecule has 0 saturated heterocycles. The van der Waals surface area contributed by atoms with Crippen molar-refractivity contribution in [3.8, 4) is 0 Å². The van der Waals surface area contributed by atoms with E-state index in [1.807, 2.05) is 14.0 Å². The van der Waals surface area contributed by atoms with Gasteiger partial charge in [-0.25, -0.2) is 0 Å². The normalized spacial score (nSPS) is 16.6. The van der Waals surface area contributed by atoms with E-state index in [9.17, 15) is 13.2 Å². The Bertz CT molecular complexity index is 443. The van der Waals surface area contributed by atoms with E-state index in [0.717, 1.165) is 24.2 Å². The number of rotatable bonds is 4. The average Bonchev–Trinajstić information content (AvgIpc) is 2.70. The van der Waals surface area contributed by atoms with E-state index >= 15 is 0 Å². The molecule has 0 saturated carbocycles. The maximum absolute atomic E-state index is 13.1. The van der Waals surface area contributed by atoms with Gasteiger partial charge < -0.3 is 10.2 Å². The molecule has 1 atom stereocenters. The molecule has 1 unspecified atom stereocenters. The Balaban J connectivity index is 2.27. The number of alkyl halides is 3. The highest BCUT2D eigenvalue weighted by Crippen LogP contribution is 2.36. The third-order valence-corrected chi connectivity index (χ3v) is 3.49. The van der Waals surface area contributed by atoms with Crippen LogP contribution in [0.1, 0.15) is 30.5 Å². The largest absolute Gasteiger partial charge is 0.407 e. The summed E-state index contributed by atoms with van der Waals surface area (Å²) in [5.41, 5.74) is 2.36. The van der Waals surface area contributed by atoms with Crippen molar-refractivity contribution < 1.29 is 13.2 Å². The van der Waals surface area contributed by atoms with E-state index in [1.54, 1.807) is 18.2 Å². The average molecular weight is 272 g/mol. The minimum Gasteiger partial charge on any atom is -0.374 e. The molecule has 1 aromatic rings. The number of hydrogen-bond acceptors (Lipinski definition) is 2. The molecule has 1 aliphatic heterocycles. The quantitative estimate of drug-likeness (QED) is 0.905. The fraction of sp³-hybridized carbons (Fsp3) is 0.571. The highest BCUT2D eigenvalue weighted by atomic mass is 19.4. The number of nitrogens with one attached hydrogen (secondary N) is 1. The van der Waals surface area contributed by atoms with Crippen molar-refractivity contribution in [3.05, 3.63) is 29.3 Å². The second-order valence-electron chi connectivity index (χ2n) is 4.99. The van der Waals surface area contributed by atoms with E-state index < -0.39 is 12.2 Å². The van der Waals surface area contributed by atoms with E-state index in [-0.39, 0.29) is 0 Å². The summed E-state index contributed by atoms with van der Waals surface area (Å²) < 4.78 is 39.3. The zero-order valence-electron chi connectivity index (χ0n) is 11.2. The third-order valence-electron chi connectivity index (χ3n) is 3.49. The van der Waals surface area contributed by atoms with Gasteiger partial charge in [0.25, 0.3) is 0 Å². The molecule has 2 nitrogen and oxygen atoms in total. The zero-order chi connectivity index (χ0) is 14.0. The van der Waals surface area contributed by atoms with Gasteiger partial charge in [0.05, 0.1) is 0 Å². The Morgan fingerprint density at radius 1 is 1.37 bits per heavy atom. The van der Waals surface area contributed by atoms with Crippen LogP contribution in [-0.2, 0) is 6.42 Å². The van der Waals surface area contributed by atoms with E-state index in [4.69, 9.17) is 0 Å². The maximum Gasteiger partial charge on any atom is 0.407 e. The molecule has 2 rings (SSSR count). The molecule has 106 valence electrons. The first-order chi connectivity index (χ1) is 8.93. The lowest BCUT2D eigenvalue weighted by molar-refractivity contribution is -0.157. The molecule has 19 heavy (non-hydrogen) atoms. The Kier molecular flexibility index (Phi) is 4.04. The van der Waals surface area contributed by atoms with Crippen LogP contribution in [-0.4, -0.2) is 26.3 Å². The van der Waals surface area contributed by atoms with Gasteiger partial charge in [0.15, 0.2) is 0 Å². The molecule has 1 N–H and O–H groups in total. The van der Waals surface area contributed by atoms with Gasteiger partial charge in [0.1, 0.15) is 6.04 Å². The number of likely N-dealkylation sites (N-methyl/N-ethyl adjacent to an activating group) is 1. The number of halogens is 3. The number of nitrogens with zero attached hydrogens (tertiary/aromatic N) is 1. The second kappa shape index (κ2) is 5.41. The van der Waals surface area contributed by atoms with Gasteiger partial charge in [0, 0.05) is 19.3 Å². The highest BCUT2D eigenvalue weighted by Gasteiger charge is 2.40. The second-order valence-corrected chi connectivity index (χ2v) is 4.99. The fourth-order valence-electron chi connectivity index (χ4n) is 2.48. The topological polar surface area (TPSA) is 15.3 Å². The summed E-state index contributed by atoms with van der Waals surface area (Å²) in [5, 5.41) is 2.59. The van der Waals surface area contributed by atoms with Crippen molar-refractivity contribution in [1.29, 1.82) is 0 Å². The first-order valence-electron chi connectivity index (χ1n) is 6.57. The Morgan fingerprint density at radius 3 is 2.74 bits per heavy atom. The molecular weight excluding hydrogens is 253 g/mol. The van der Waals surface area contributed by atoms with Gasteiger partial charge in [-0.3, -0.25) is 0 Å². The van der Waals surface area contributed by atoms with Gasteiger partial charge >= 0.3 is 6.18 Å². The predicted octanol–water partition coefficient (Wildman–Crippen LogP) is 3.28. The standard InChI is InChI=1S/C14H19F3N2/c1-3-7-18-13(14(15,16)17)11-4-5-12-10(9-11)6-8-19(12)2/h4-5,9,13,18H,3,6-8H2,1-2H3. The Morgan fingerprint density at radius 2 is 2.11 bits per heavy atom. The van der Waals surface area contributed by atoms with Gasteiger partial charge in [-0.15, -0.1) is 0 Å². The van der Waals surface area contributed by atoms with Crippen LogP contribution in [0.4, 0.5) is 18.9 Å². The minimum atomic E-state index is -4.26. The van der Waals surface area contributed by atoms with Gasteiger partial charge in [0.2, 0.25) is 0 Å². The first kappa shape index (κ1) is 14.2. The lowest BCUT2D eigenvalue weighted by atomic mass is 10.0. The summed E-state index contributed by atoms with van der Waals surface area (Å²) in [7, 11) is 1.96. The molecule has 1 heterocycles. The van der Waals surface area contributed by atoms with Gasteiger partial charge in [-0.05, 0) is 36.6 Å². The molecule has 0 bridgehead atoms. The smallest absolute Gasteiger partial charge is 0.374 e. The molecule has 1 aromatic carbocycles. The SMILES string of the molecule is CCCNC(c1ccc2c(c1)CCN2C)C(F)(F)F. The Hall–Kier alpha value is -1.23. The number of hydrogen-bond donors (Lipinski definition) is 1. The molecule has 1 aliphatic rings. The lowest BCUT2D eigenvalue weighted by Crippen LogP contribution is -2.34. The zero-order valence-corrected chi connectivity index (χ0v) is 11.2. The molecular formula is C14H19F3N2. The minimum absolute atomic E-state index is 0.315. The predicted molar refractivity (Wildman–Crippen MR) is 70.5 cm³/mol. The Labute approximate surface area is 111 Å². The van der Waals surface area contributed by atoms with Crippen LogP contribution in [0.15, 0.2) is 18.2 Å². The van der Waals surface area contributed by atoms with Crippen molar-refractivity contribution in [2.24, 2.45) is 0 Å². The number of anilines is 1. The summed E-state index contributed by atoms with van der Waals surface area (Å²) in [6.07, 6.45) is -2.76. The molecule has 0 radical (unpaired) electrons. The number of fused-ring (bicyclic) bond motifs is 1. The van der Waals surface area contributed by atoms with Crippen molar-refractivity contribution >= 4 is 5.69 Å². The lowest BCUT2D eigenvalue weighted by Gasteiger charge is -2.23. The van der Waals surface area contributed by atoms with Crippen LogP contribution in [0, 0.1) is 0 Å². The molecule has 0 spiro atoms. The summed E-state index contributed by atoms with van der Waals surface area (Å²) in [6, 6.07) is 3.51. The van der Waals surface area contributed by atoms with Crippen LogP contribution in [0.25, 0.3) is 0 Å². The molecule has 5 heteroatoms. The van der Waals surface area contributed by atoms with Gasteiger partial charge in [-0.2, -0.15) is 13.2 Å². The molecule has 0 fully saturated rings. The number of benzene rings is 1. The summed E-state index contributed by atoms with van der Waals surface area (Å²) >= 11 is 0. The van der Waals surface area contributed by atoms with Crippen molar-refractivity contribution in [1.82, 2.24) is 5.32 Å². The van der Waals surface area contributed by atoms with Crippen molar-refractivity contribution in [3.63, 3.8) is 0 Å². The van der Waals surface area contributed by atoms with Gasteiger partial charge in [-0.1, -0.05) is 19.1 Å². The highest BCUT2D eigenvalue weighted by molar-refractivity contribution is 5.58. The maximum atomic E-state index is 13.1. The summed E-state index contributed by atoms with van der Waals surface area (Å²) in [4.78, 5) is 2.07. The van der Waals surface area contributed by atoms with E-state index in [0.29, 0.717) is 18.5 Å². The van der Waals surface area contributed by atoms with Crippen LogP contribution >= 0.6 is 0 Å². The fourth-order valence-corrected chi connectivity index (χ4v) is 2.48. The van der Waals surface area contributed by atoms with Crippen LogP contribution in [0.2, 0.25) is 0 Å². The third kappa shape index (κ3) is 3.03. The summed E-state index contributed by atoms with van der Waals surface area (Å²) in [6.45, 7) is 3.09. The summed E-state index contributed by atoms with van der Waals surface area (Å²) in [5.74, 6) is 0. The first-order valence-corrected chi connectivity index (χ1v) is 6.57. The van der Waals surface area contributed by atoms with Crippen molar-refractivity contribution in [2.45, 2.75) is 32.0 Å². The van der Waals surface area contributed by atoms with Crippen LogP contribution in [0.5, 0.6) is 0 Å². The van der Waals surface area contributed by atoms with Crippen molar-refractivity contribution in [2.75, 3.05) is 25.0 Å². The monoisotopic (exact) mass is 272 g/mol. The van der Waals surface area contributed by atoms with Crippen LogP contribution < -0.4 is 10.2 Å².